The van der Waals surface area contributed by atoms with Crippen molar-refractivity contribution in [1.29, 1.82) is 0 Å². The number of hydrogen-bond donors (Lipinski definition) is 2. The van der Waals surface area contributed by atoms with E-state index in [9.17, 15) is 9.90 Å². The molecular formula is C20H32N2O2. The molecule has 2 N–H and O–H groups in total. The van der Waals surface area contributed by atoms with Crippen molar-refractivity contribution in [2.45, 2.75) is 57.4 Å². The van der Waals surface area contributed by atoms with E-state index in [0.29, 0.717) is 24.9 Å². The third kappa shape index (κ3) is 4.97. The minimum atomic E-state index is 0.0132. The van der Waals surface area contributed by atoms with Crippen molar-refractivity contribution < 1.29 is 9.90 Å². The summed E-state index contributed by atoms with van der Waals surface area (Å²) < 4.78 is 0. The summed E-state index contributed by atoms with van der Waals surface area (Å²) >= 11 is 0. The second-order valence-corrected chi connectivity index (χ2v) is 6.94. The quantitative estimate of drug-likeness (QED) is 0.799. The number of hydrogen-bond acceptors (Lipinski definition) is 2. The number of urea groups is 1. The zero-order valence-electron chi connectivity index (χ0n) is 15.1. The molecule has 3 unspecified atom stereocenters. The maximum atomic E-state index is 12.6. The van der Waals surface area contributed by atoms with E-state index in [1.54, 1.807) is 0 Å². The smallest absolute Gasteiger partial charge is 0.317 e. The minimum absolute atomic E-state index is 0.0132. The number of rotatable bonds is 7. The van der Waals surface area contributed by atoms with E-state index in [1.165, 1.54) is 24.8 Å². The number of nitrogens with zero attached hydrogens (tertiary/aromatic N) is 1. The number of aliphatic hydroxyl groups excluding tert-OH is 1. The highest BCUT2D eigenvalue weighted by atomic mass is 16.3. The van der Waals surface area contributed by atoms with Gasteiger partial charge in [-0.25, -0.2) is 4.79 Å². The molecule has 2 rings (SSSR count). The lowest BCUT2D eigenvalue weighted by molar-refractivity contribution is 0.135. The normalized spacial score (nSPS) is 22.0. The molecule has 0 aliphatic heterocycles. The first-order valence-corrected chi connectivity index (χ1v) is 9.33. The van der Waals surface area contributed by atoms with Crippen LogP contribution in [0.2, 0.25) is 0 Å². The number of amides is 2. The van der Waals surface area contributed by atoms with Gasteiger partial charge in [-0.05, 0) is 30.7 Å². The van der Waals surface area contributed by atoms with Gasteiger partial charge in [-0.15, -0.1) is 0 Å². The van der Waals surface area contributed by atoms with Crippen molar-refractivity contribution in [1.82, 2.24) is 10.2 Å². The average molecular weight is 332 g/mol. The summed E-state index contributed by atoms with van der Waals surface area (Å²) in [6.45, 7) is 2.92. The Balaban J connectivity index is 1.92. The highest BCUT2D eigenvalue weighted by molar-refractivity contribution is 5.74. The van der Waals surface area contributed by atoms with Crippen LogP contribution in [0.15, 0.2) is 30.3 Å². The molecule has 0 aromatic heterocycles. The van der Waals surface area contributed by atoms with Crippen LogP contribution >= 0.6 is 0 Å². The molecule has 4 heteroatoms. The molecule has 1 fully saturated rings. The largest absolute Gasteiger partial charge is 0.396 e. The van der Waals surface area contributed by atoms with Gasteiger partial charge in [0.2, 0.25) is 0 Å². The molecule has 1 saturated carbocycles. The number of benzene rings is 1. The molecule has 0 heterocycles. The summed E-state index contributed by atoms with van der Waals surface area (Å²) in [5.41, 5.74) is 1.17. The zero-order valence-corrected chi connectivity index (χ0v) is 15.1. The summed E-state index contributed by atoms with van der Waals surface area (Å²) in [6, 6.07) is 10.5. The maximum absolute atomic E-state index is 12.6. The summed E-state index contributed by atoms with van der Waals surface area (Å²) in [5, 5.41) is 12.4. The predicted molar refractivity (Wildman–Crippen MR) is 98.1 cm³/mol. The highest BCUT2D eigenvalue weighted by Crippen LogP contribution is 2.30. The van der Waals surface area contributed by atoms with E-state index in [2.05, 4.69) is 24.4 Å². The second kappa shape index (κ2) is 9.67. The minimum Gasteiger partial charge on any atom is -0.396 e. The monoisotopic (exact) mass is 332 g/mol. The summed E-state index contributed by atoms with van der Waals surface area (Å²) in [4.78, 5) is 14.5. The molecule has 4 nitrogen and oxygen atoms in total. The lowest BCUT2D eigenvalue weighted by atomic mass is 9.82. The molecule has 1 aliphatic rings. The first-order chi connectivity index (χ1) is 11.7. The molecule has 2 amide bonds. The van der Waals surface area contributed by atoms with Crippen molar-refractivity contribution in [3.8, 4) is 0 Å². The Morgan fingerprint density at radius 3 is 2.67 bits per heavy atom. The van der Waals surface area contributed by atoms with Gasteiger partial charge in [-0.1, -0.05) is 56.5 Å². The van der Waals surface area contributed by atoms with Gasteiger partial charge >= 0.3 is 6.03 Å². The van der Waals surface area contributed by atoms with Crippen LogP contribution in [0, 0.1) is 5.92 Å². The van der Waals surface area contributed by atoms with E-state index in [4.69, 9.17) is 0 Å². The molecule has 0 saturated heterocycles. The third-order valence-corrected chi connectivity index (χ3v) is 5.46. The fraction of sp³-hybridized carbons (Fsp3) is 0.650. The Hall–Kier alpha value is -1.55. The molecule has 0 spiro atoms. The van der Waals surface area contributed by atoms with Gasteiger partial charge in [0.15, 0.2) is 0 Å². The lowest BCUT2D eigenvalue weighted by Gasteiger charge is -2.37. The Morgan fingerprint density at radius 2 is 2.00 bits per heavy atom. The molecule has 3 atom stereocenters. The van der Waals surface area contributed by atoms with Crippen LogP contribution in [0.5, 0.6) is 0 Å². The fourth-order valence-electron chi connectivity index (χ4n) is 3.93. The number of aliphatic hydroxyl groups is 1. The van der Waals surface area contributed by atoms with E-state index >= 15 is 0 Å². The second-order valence-electron chi connectivity index (χ2n) is 6.94. The van der Waals surface area contributed by atoms with Gasteiger partial charge < -0.3 is 15.3 Å². The predicted octanol–water partition coefficient (Wildman–Crippen LogP) is 3.76. The van der Waals surface area contributed by atoms with Crippen LogP contribution in [-0.2, 0) is 0 Å². The molecule has 0 radical (unpaired) electrons. The molecular weight excluding hydrogens is 300 g/mol. The van der Waals surface area contributed by atoms with E-state index in [1.807, 2.05) is 30.1 Å². The van der Waals surface area contributed by atoms with Crippen LogP contribution in [0.1, 0.15) is 56.9 Å². The average Bonchev–Trinajstić information content (AvgIpc) is 2.64. The van der Waals surface area contributed by atoms with Gasteiger partial charge in [-0.3, -0.25) is 0 Å². The Labute approximate surface area is 146 Å². The Kier molecular flexibility index (Phi) is 7.57. The van der Waals surface area contributed by atoms with Crippen molar-refractivity contribution in [2.24, 2.45) is 5.92 Å². The van der Waals surface area contributed by atoms with Crippen LogP contribution in [0.4, 0.5) is 4.79 Å². The van der Waals surface area contributed by atoms with Gasteiger partial charge in [0, 0.05) is 32.2 Å². The lowest BCUT2D eigenvalue weighted by Crippen LogP contribution is -2.48. The molecule has 1 aromatic rings. The SMILES string of the molecule is CCC1CCCCC1N(C)C(=O)NCC(CCO)c1ccccc1. The first-order valence-electron chi connectivity index (χ1n) is 9.33. The molecule has 1 aliphatic carbocycles. The van der Waals surface area contributed by atoms with Gasteiger partial charge in [0.05, 0.1) is 0 Å². The van der Waals surface area contributed by atoms with E-state index in [0.717, 1.165) is 12.8 Å². The van der Waals surface area contributed by atoms with Crippen LogP contribution < -0.4 is 5.32 Å². The maximum Gasteiger partial charge on any atom is 0.317 e. The van der Waals surface area contributed by atoms with Crippen LogP contribution in [0.25, 0.3) is 0 Å². The highest BCUT2D eigenvalue weighted by Gasteiger charge is 2.29. The van der Waals surface area contributed by atoms with Crippen LogP contribution in [0.3, 0.4) is 0 Å². The van der Waals surface area contributed by atoms with Crippen molar-refractivity contribution >= 4 is 6.03 Å². The molecule has 24 heavy (non-hydrogen) atoms. The topological polar surface area (TPSA) is 52.6 Å². The Bertz CT molecular complexity index is 492. The van der Waals surface area contributed by atoms with Crippen molar-refractivity contribution in [3.63, 3.8) is 0 Å². The molecule has 0 bridgehead atoms. The van der Waals surface area contributed by atoms with E-state index < -0.39 is 0 Å². The van der Waals surface area contributed by atoms with Crippen molar-refractivity contribution in [3.05, 3.63) is 35.9 Å². The summed E-state index contributed by atoms with van der Waals surface area (Å²) in [5.74, 6) is 0.777. The molecule has 134 valence electrons. The van der Waals surface area contributed by atoms with E-state index in [-0.39, 0.29) is 18.6 Å². The standard InChI is InChI=1S/C20H32N2O2/c1-3-16-9-7-8-12-19(16)22(2)20(24)21-15-18(13-14-23)17-10-5-4-6-11-17/h4-6,10-11,16,18-19,23H,3,7-9,12-15H2,1-2H3,(H,21,24). The molecule has 1 aromatic carbocycles. The number of carbonyl (C=O) groups excluding carboxylic acids is 1. The first kappa shape index (κ1) is 18.8. The zero-order chi connectivity index (χ0) is 17.4. The summed E-state index contributed by atoms with van der Waals surface area (Å²) in [7, 11) is 1.93. The third-order valence-electron chi connectivity index (χ3n) is 5.46. The summed E-state index contributed by atoms with van der Waals surface area (Å²) in [6.07, 6.45) is 6.65. The fourth-order valence-corrected chi connectivity index (χ4v) is 3.93. The van der Waals surface area contributed by atoms with Crippen LogP contribution in [-0.4, -0.2) is 42.3 Å². The Morgan fingerprint density at radius 1 is 1.29 bits per heavy atom. The van der Waals surface area contributed by atoms with Gasteiger partial charge in [0.1, 0.15) is 0 Å². The number of nitrogens with one attached hydrogen (secondary N) is 1. The van der Waals surface area contributed by atoms with Gasteiger partial charge in [-0.2, -0.15) is 0 Å². The van der Waals surface area contributed by atoms with Crippen molar-refractivity contribution in [2.75, 3.05) is 20.2 Å². The van der Waals surface area contributed by atoms with Gasteiger partial charge in [0.25, 0.3) is 0 Å². The number of carbonyl (C=O) groups is 1.